The summed E-state index contributed by atoms with van der Waals surface area (Å²) in [5.74, 6) is 0.529. The molecule has 1 heterocycles. The van der Waals surface area contributed by atoms with Gasteiger partial charge in [0, 0.05) is 37.6 Å². The largest absolute Gasteiger partial charge is 0.379 e. The topological polar surface area (TPSA) is 67.6 Å². The number of carbonyl (C=O) groups is 1. The molecule has 4 atom stereocenters. The van der Waals surface area contributed by atoms with Crippen molar-refractivity contribution in [1.29, 1.82) is 0 Å². The molecule has 0 aromatic carbocycles. The molecule has 2 fully saturated rings. The lowest BCUT2D eigenvalue weighted by molar-refractivity contribution is -0.123. The van der Waals surface area contributed by atoms with Gasteiger partial charge in [0.25, 0.3) is 0 Å². The monoisotopic (exact) mass is 355 g/mol. The summed E-state index contributed by atoms with van der Waals surface area (Å²) in [6, 6.07) is 0.728. The second kappa shape index (κ2) is 10.7. The smallest absolute Gasteiger partial charge is 0.220 e. The predicted octanol–water partition coefficient (Wildman–Crippen LogP) is 1.57. The van der Waals surface area contributed by atoms with E-state index in [1.807, 2.05) is 0 Å². The van der Waals surface area contributed by atoms with Crippen LogP contribution in [-0.4, -0.2) is 55.2 Å². The zero-order chi connectivity index (χ0) is 14.5. The number of carbonyl (C=O) groups excluding carboxylic acids is 1. The first-order valence-electron chi connectivity index (χ1n) is 7.94. The zero-order valence-corrected chi connectivity index (χ0v) is 15.3. The van der Waals surface area contributed by atoms with Gasteiger partial charge in [0.1, 0.15) is 0 Å². The van der Waals surface area contributed by atoms with E-state index in [1.54, 1.807) is 0 Å². The molecule has 0 bridgehead atoms. The van der Waals surface area contributed by atoms with Crippen LogP contribution in [0.3, 0.4) is 0 Å². The van der Waals surface area contributed by atoms with Crippen LogP contribution < -0.4 is 11.1 Å². The molecule has 22 heavy (non-hydrogen) atoms. The molecule has 132 valence electrons. The molecule has 0 spiro atoms. The number of nitrogens with two attached hydrogens (primary N) is 1. The number of nitrogens with one attached hydrogen (secondary N) is 1. The quantitative estimate of drug-likeness (QED) is 0.785. The van der Waals surface area contributed by atoms with Gasteiger partial charge in [-0.3, -0.25) is 9.69 Å². The molecule has 1 aliphatic heterocycles. The third-order valence-corrected chi connectivity index (χ3v) is 4.90. The van der Waals surface area contributed by atoms with Gasteiger partial charge in [0.2, 0.25) is 5.91 Å². The molecule has 1 saturated carbocycles. The summed E-state index contributed by atoms with van der Waals surface area (Å²) in [5, 5.41) is 3.15. The summed E-state index contributed by atoms with van der Waals surface area (Å²) >= 11 is 0. The first-order valence-corrected chi connectivity index (χ1v) is 7.94. The van der Waals surface area contributed by atoms with Crippen LogP contribution >= 0.6 is 24.8 Å². The van der Waals surface area contributed by atoms with Crippen molar-refractivity contribution in [3.63, 3.8) is 0 Å². The fourth-order valence-electron chi connectivity index (χ4n) is 3.29. The van der Waals surface area contributed by atoms with Gasteiger partial charge in [-0.25, -0.2) is 0 Å². The molecule has 1 aliphatic carbocycles. The number of amides is 1. The number of hydrogen-bond donors (Lipinski definition) is 2. The minimum Gasteiger partial charge on any atom is -0.379 e. The van der Waals surface area contributed by atoms with Gasteiger partial charge < -0.3 is 15.8 Å². The van der Waals surface area contributed by atoms with Gasteiger partial charge in [0.05, 0.1) is 13.2 Å². The molecular weight excluding hydrogens is 325 g/mol. The van der Waals surface area contributed by atoms with E-state index in [2.05, 4.69) is 24.1 Å². The van der Waals surface area contributed by atoms with Crippen LogP contribution in [0.5, 0.6) is 0 Å². The van der Waals surface area contributed by atoms with E-state index < -0.39 is 0 Å². The first-order chi connectivity index (χ1) is 9.58. The van der Waals surface area contributed by atoms with E-state index >= 15 is 0 Å². The summed E-state index contributed by atoms with van der Waals surface area (Å²) in [6.45, 7) is 7.76. The first kappa shape index (κ1) is 21.9. The summed E-state index contributed by atoms with van der Waals surface area (Å²) in [5.41, 5.74) is 6.03. The number of nitrogens with zero attached hydrogens (tertiary/aromatic N) is 1. The summed E-state index contributed by atoms with van der Waals surface area (Å²) < 4.78 is 5.37. The van der Waals surface area contributed by atoms with Crippen molar-refractivity contribution in [2.24, 2.45) is 11.7 Å². The van der Waals surface area contributed by atoms with Crippen LogP contribution in [0, 0.1) is 5.92 Å². The molecule has 0 aromatic rings. The van der Waals surface area contributed by atoms with Crippen molar-refractivity contribution >= 4 is 30.7 Å². The number of morpholine rings is 1. The molecule has 1 saturated heterocycles. The molecule has 0 aromatic heterocycles. The molecule has 7 heteroatoms. The fourth-order valence-corrected chi connectivity index (χ4v) is 3.29. The molecule has 3 N–H and O–H groups in total. The SMILES string of the molecule is CC(NC(=O)C[C@@H]1CCC[C@H]1N)C(C)N1CCOCC1.Cl.Cl. The van der Waals surface area contributed by atoms with Crippen LogP contribution in [0.1, 0.15) is 39.5 Å². The third kappa shape index (κ3) is 6.20. The lowest BCUT2D eigenvalue weighted by atomic mass is 9.99. The molecule has 0 radical (unpaired) electrons. The maximum atomic E-state index is 12.1. The Morgan fingerprint density at radius 2 is 1.91 bits per heavy atom. The van der Waals surface area contributed by atoms with Crippen LogP contribution in [0.15, 0.2) is 0 Å². The average molecular weight is 356 g/mol. The van der Waals surface area contributed by atoms with Gasteiger partial charge in [0.15, 0.2) is 0 Å². The van der Waals surface area contributed by atoms with Crippen LogP contribution in [0.4, 0.5) is 0 Å². The number of ether oxygens (including phenoxy) is 1. The second-order valence-electron chi connectivity index (χ2n) is 6.30. The number of halogens is 2. The maximum absolute atomic E-state index is 12.1. The lowest BCUT2D eigenvalue weighted by Crippen LogP contribution is -2.52. The van der Waals surface area contributed by atoms with E-state index in [9.17, 15) is 4.79 Å². The second-order valence-corrected chi connectivity index (χ2v) is 6.30. The Bertz CT molecular complexity index is 328. The number of rotatable bonds is 5. The predicted molar refractivity (Wildman–Crippen MR) is 93.9 cm³/mol. The highest BCUT2D eigenvalue weighted by Gasteiger charge is 2.28. The normalized spacial score (nSPS) is 28.1. The summed E-state index contributed by atoms with van der Waals surface area (Å²) in [7, 11) is 0. The van der Waals surface area contributed by atoms with Crippen LogP contribution in [-0.2, 0) is 9.53 Å². The molecule has 2 aliphatic rings. The van der Waals surface area contributed by atoms with Gasteiger partial charge in [-0.1, -0.05) is 6.42 Å². The Hall–Kier alpha value is -0.0700. The zero-order valence-electron chi connectivity index (χ0n) is 13.6. The van der Waals surface area contributed by atoms with Crippen molar-refractivity contribution in [3.05, 3.63) is 0 Å². The van der Waals surface area contributed by atoms with Gasteiger partial charge in [-0.05, 0) is 32.6 Å². The Balaban J connectivity index is 0.00000220. The van der Waals surface area contributed by atoms with E-state index in [1.165, 1.54) is 6.42 Å². The Morgan fingerprint density at radius 1 is 1.27 bits per heavy atom. The van der Waals surface area contributed by atoms with E-state index in [-0.39, 0.29) is 42.8 Å². The van der Waals surface area contributed by atoms with Gasteiger partial charge in [-0.2, -0.15) is 0 Å². The molecule has 1 amide bonds. The van der Waals surface area contributed by atoms with Crippen molar-refractivity contribution in [3.8, 4) is 0 Å². The summed E-state index contributed by atoms with van der Waals surface area (Å²) in [4.78, 5) is 14.5. The molecular formula is C15H31Cl2N3O2. The fraction of sp³-hybridized carbons (Fsp3) is 0.933. The lowest BCUT2D eigenvalue weighted by Gasteiger charge is -2.36. The highest BCUT2D eigenvalue weighted by Crippen LogP contribution is 2.26. The number of hydrogen-bond acceptors (Lipinski definition) is 4. The maximum Gasteiger partial charge on any atom is 0.220 e. The van der Waals surface area contributed by atoms with Crippen LogP contribution in [0.2, 0.25) is 0 Å². The summed E-state index contributed by atoms with van der Waals surface area (Å²) in [6.07, 6.45) is 3.92. The van der Waals surface area contributed by atoms with E-state index in [0.717, 1.165) is 39.1 Å². The molecule has 5 nitrogen and oxygen atoms in total. The minimum absolute atomic E-state index is 0. The Kier molecular flexibility index (Phi) is 10.6. The third-order valence-electron chi connectivity index (χ3n) is 4.90. The standard InChI is InChI=1S/C15H29N3O2.2ClH/c1-11(12(2)18-6-8-20-9-7-18)17-15(19)10-13-4-3-5-14(13)16;;/h11-14H,3-10,16H2,1-2H3,(H,17,19);2*1H/t11?,12?,13-,14+;;/m0../s1. The highest BCUT2D eigenvalue weighted by atomic mass is 35.5. The average Bonchev–Trinajstić information content (AvgIpc) is 2.84. The van der Waals surface area contributed by atoms with Crippen molar-refractivity contribution < 1.29 is 9.53 Å². The molecule has 2 unspecified atom stereocenters. The molecule has 2 rings (SSSR count). The van der Waals surface area contributed by atoms with Gasteiger partial charge in [-0.15, -0.1) is 24.8 Å². The van der Waals surface area contributed by atoms with E-state index in [0.29, 0.717) is 18.4 Å². The highest BCUT2D eigenvalue weighted by molar-refractivity contribution is 5.85. The van der Waals surface area contributed by atoms with Crippen molar-refractivity contribution in [2.45, 2.75) is 57.7 Å². The Morgan fingerprint density at radius 3 is 2.45 bits per heavy atom. The Labute approximate surface area is 146 Å². The minimum atomic E-state index is 0. The van der Waals surface area contributed by atoms with Crippen molar-refractivity contribution in [1.82, 2.24) is 10.2 Å². The van der Waals surface area contributed by atoms with Gasteiger partial charge >= 0.3 is 0 Å². The van der Waals surface area contributed by atoms with Crippen molar-refractivity contribution in [2.75, 3.05) is 26.3 Å². The van der Waals surface area contributed by atoms with E-state index in [4.69, 9.17) is 10.5 Å². The van der Waals surface area contributed by atoms with Crippen LogP contribution in [0.25, 0.3) is 0 Å².